The van der Waals surface area contributed by atoms with Crippen molar-refractivity contribution in [2.45, 2.75) is 18.4 Å². The van der Waals surface area contributed by atoms with Crippen LogP contribution in [0.4, 0.5) is 5.69 Å². The van der Waals surface area contributed by atoms with Gasteiger partial charge in [-0.3, -0.25) is 9.59 Å². The van der Waals surface area contributed by atoms with Crippen LogP contribution in [0.15, 0.2) is 30.3 Å². The van der Waals surface area contributed by atoms with Gasteiger partial charge in [0.15, 0.2) is 0 Å². The molecule has 124 valence electrons. The number of carbonyl (C=O) groups excluding carboxylic acids is 2. The Morgan fingerprint density at radius 3 is 2.87 bits per heavy atom. The van der Waals surface area contributed by atoms with Crippen LogP contribution in [0.3, 0.4) is 0 Å². The molecular formula is C17H22N2O3S. The molecule has 0 aliphatic carbocycles. The fraction of sp³-hybridized carbons (Fsp3) is 0.529. The summed E-state index contributed by atoms with van der Waals surface area (Å²) in [5.41, 5.74) is 0.607. The Bertz CT molecular complexity index is 572. The summed E-state index contributed by atoms with van der Waals surface area (Å²) in [5, 5.41) is 2.99. The maximum atomic E-state index is 12.4. The van der Waals surface area contributed by atoms with E-state index in [9.17, 15) is 9.59 Å². The molecule has 2 fully saturated rings. The van der Waals surface area contributed by atoms with Crippen LogP contribution in [0, 0.1) is 5.92 Å². The fourth-order valence-electron chi connectivity index (χ4n) is 3.09. The Hall–Kier alpha value is -1.53. The van der Waals surface area contributed by atoms with Crippen molar-refractivity contribution in [2.24, 2.45) is 5.92 Å². The Labute approximate surface area is 140 Å². The first kappa shape index (κ1) is 16.3. The van der Waals surface area contributed by atoms with Crippen molar-refractivity contribution in [1.29, 1.82) is 0 Å². The monoisotopic (exact) mass is 334 g/mol. The van der Waals surface area contributed by atoms with Gasteiger partial charge in [-0.05, 0) is 24.3 Å². The number of thioether (sulfide) groups is 1. The molecule has 2 aliphatic rings. The SMILES string of the molecule is COC1(CNC(=O)C2CC(=O)N(c3ccccc3)C2)CCSC1. The average Bonchev–Trinajstić information content (AvgIpc) is 3.21. The third-order valence-corrected chi connectivity index (χ3v) is 5.87. The smallest absolute Gasteiger partial charge is 0.227 e. The molecule has 2 saturated heterocycles. The van der Waals surface area contributed by atoms with Crippen LogP contribution in [0.5, 0.6) is 0 Å². The molecule has 2 aliphatic heterocycles. The van der Waals surface area contributed by atoms with E-state index in [-0.39, 0.29) is 29.8 Å². The molecule has 3 rings (SSSR count). The zero-order valence-corrected chi connectivity index (χ0v) is 14.1. The first-order chi connectivity index (χ1) is 11.1. The number of amides is 2. The van der Waals surface area contributed by atoms with Crippen molar-refractivity contribution >= 4 is 29.3 Å². The number of hydrogen-bond donors (Lipinski definition) is 1. The van der Waals surface area contributed by atoms with E-state index in [0.29, 0.717) is 13.1 Å². The summed E-state index contributed by atoms with van der Waals surface area (Å²) in [6.07, 6.45) is 1.23. The summed E-state index contributed by atoms with van der Waals surface area (Å²) in [6.45, 7) is 0.967. The minimum Gasteiger partial charge on any atom is -0.376 e. The van der Waals surface area contributed by atoms with E-state index in [4.69, 9.17) is 4.74 Å². The second kappa shape index (κ2) is 6.93. The number of rotatable bonds is 5. The van der Waals surface area contributed by atoms with E-state index in [1.165, 1.54) is 0 Å². The highest BCUT2D eigenvalue weighted by Gasteiger charge is 2.38. The molecule has 1 aromatic rings. The lowest BCUT2D eigenvalue weighted by Gasteiger charge is -2.27. The van der Waals surface area contributed by atoms with Gasteiger partial charge in [-0.25, -0.2) is 0 Å². The number of para-hydroxylation sites is 1. The number of methoxy groups -OCH3 is 1. The number of nitrogens with one attached hydrogen (secondary N) is 1. The summed E-state index contributed by atoms with van der Waals surface area (Å²) in [6, 6.07) is 9.51. The number of nitrogens with zero attached hydrogens (tertiary/aromatic N) is 1. The molecule has 1 N–H and O–H groups in total. The highest BCUT2D eigenvalue weighted by atomic mass is 32.2. The van der Waals surface area contributed by atoms with Crippen molar-refractivity contribution in [3.63, 3.8) is 0 Å². The lowest BCUT2D eigenvalue weighted by Crippen LogP contribution is -2.46. The van der Waals surface area contributed by atoms with Gasteiger partial charge in [-0.1, -0.05) is 18.2 Å². The number of ether oxygens (including phenoxy) is 1. The molecule has 0 aromatic heterocycles. The van der Waals surface area contributed by atoms with Gasteiger partial charge in [0.1, 0.15) is 0 Å². The van der Waals surface area contributed by atoms with E-state index in [0.717, 1.165) is 23.6 Å². The predicted molar refractivity (Wildman–Crippen MR) is 91.6 cm³/mol. The van der Waals surface area contributed by atoms with E-state index in [1.54, 1.807) is 12.0 Å². The number of hydrogen-bond acceptors (Lipinski definition) is 4. The number of carbonyl (C=O) groups is 2. The molecule has 5 nitrogen and oxygen atoms in total. The van der Waals surface area contributed by atoms with Crippen LogP contribution in [-0.4, -0.2) is 49.1 Å². The topological polar surface area (TPSA) is 58.6 Å². The van der Waals surface area contributed by atoms with E-state index >= 15 is 0 Å². The van der Waals surface area contributed by atoms with Gasteiger partial charge < -0.3 is 15.0 Å². The Balaban J connectivity index is 1.58. The largest absolute Gasteiger partial charge is 0.376 e. The van der Waals surface area contributed by atoms with Gasteiger partial charge in [-0.2, -0.15) is 11.8 Å². The second-order valence-corrected chi connectivity index (χ2v) is 7.25. The normalized spacial score (nSPS) is 27.4. The minimum atomic E-state index is -0.286. The van der Waals surface area contributed by atoms with Crippen LogP contribution in [0.1, 0.15) is 12.8 Å². The lowest BCUT2D eigenvalue weighted by molar-refractivity contribution is -0.127. The molecule has 23 heavy (non-hydrogen) atoms. The zero-order chi connectivity index (χ0) is 16.3. The van der Waals surface area contributed by atoms with Crippen molar-refractivity contribution in [2.75, 3.05) is 36.6 Å². The zero-order valence-electron chi connectivity index (χ0n) is 13.3. The molecule has 0 saturated carbocycles. The van der Waals surface area contributed by atoms with Crippen LogP contribution >= 0.6 is 11.8 Å². The van der Waals surface area contributed by atoms with Crippen LogP contribution in [0.2, 0.25) is 0 Å². The van der Waals surface area contributed by atoms with Gasteiger partial charge in [0.2, 0.25) is 11.8 Å². The summed E-state index contributed by atoms with van der Waals surface area (Å²) >= 11 is 1.85. The Kier molecular flexibility index (Phi) is 4.92. The number of anilines is 1. The van der Waals surface area contributed by atoms with Gasteiger partial charge >= 0.3 is 0 Å². The van der Waals surface area contributed by atoms with Gasteiger partial charge in [0.05, 0.1) is 11.5 Å². The molecule has 0 bridgehead atoms. The maximum absolute atomic E-state index is 12.4. The molecular weight excluding hydrogens is 312 g/mol. The molecule has 2 amide bonds. The third kappa shape index (κ3) is 3.53. The van der Waals surface area contributed by atoms with E-state index in [2.05, 4.69) is 5.32 Å². The summed E-state index contributed by atoms with van der Waals surface area (Å²) in [7, 11) is 1.70. The molecule has 1 aromatic carbocycles. The lowest BCUT2D eigenvalue weighted by atomic mass is 10.0. The Morgan fingerprint density at radius 1 is 1.43 bits per heavy atom. The van der Waals surface area contributed by atoms with Crippen molar-refractivity contribution in [1.82, 2.24) is 5.32 Å². The Morgan fingerprint density at radius 2 is 2.22 bits per heavy atom. The molecule has 2 atom stereocenters. The molecule has 2 unspecified atom stereocenters. The quantitative estimate of drug-likeness (QED) is 0.890. The third-order valence-electron chi connectivity index (χ3n) is 4.65. The highest BCUT2D eigenvalue weighted by Crippen LogP contribution is 2.30. The highest BCUT2D eigenvalue weighted by molar-refractivity contribution is 7.99. The van der Waals surface area contributed by atoms with Gasteiger partial charge in [0, 0.05) is 38.1 Å². The standard InChI is InChI=1S/C17H22N2O3S/c1-22-17(7-8-23-12-17)11-18-16(21)13-9-15(20)19(10-13)14-5-3-2-4-6-14/h2-6,13H,7-12H2,1H3,(H,18,21). The first-order valence-electron chi connectivity index (χ1n) is 7.90. The maximum Gasteiger partial charge on any atom is 0.227 e. The van der Waals surface area contributed by atoms with Crippen molar-refractivity contribution < 1.29 is 14.3 Å². The van der Waals surface area contributed by atoms with Crippen LogP contribution in [0.25, 0.3) is 0 Å². The van der Waals surface area contributed by atoms with E-state index in [1.807, 2.05) is 42.1 Å². The molecule has 6 heteroatoms. The minimum absolute atomic E-state index is 0.00854. The van der Waals surface area contributed by atoms with Crippen LogP contribution < -0.4 is 10.2 Å². The summed E-state index contributed by atoms with van der Waals surface area (Å²) in [5.74, 6) is 1.64. The molecule has 0 radical (unpaired) electrons. The van der Waals surface area contributed by atoms with E-state index < -0.39 is 0 Å². The van der Waals surface area contributed by atoms with Gasteiger partial charge in [0.25, 0.3) is 0 Å². The van der Waals surface area contributed by atoms with Gasteiger partial charge in [-0.15, -0.1) is 0 Å². The van der Waals surface area contributed by atoms with Crippen LogP contribution in [-0.2, 0) is 14.3 Å². The van der Waals surface area contributed by atoms with Crippen molar-refractivity contribution in [3.05, 3.63) is 30.3 Å². The van der Waals surface area contributed by atoms with Crippen molar-refractivity contribution in [3.8, 4) is 0 Å². The second-order valence-electron chi connectivity index (χ2n) is 6.15. The number of benzene rings is 1. The first-order valence-corrected chi connectivity index (χ1v) is 9.05. The molecule has 2 heterocycles. The summed E-state index contributed by atoms with van der Waals surface area (Å²) in [4.78, 5) is 26.3. The molecule has 0 spiro atoms. The fourth-order valence-corrected chi connectivity index (χ4v) is 4.49. The average molecular weight is 334 g/mol. The predicted octanol–water partition coefficient (Wildman–Crippen LogP) is 1.68. The summed E-state index contributed by atoms with van der Waals surface area (Å²) < 4.78 is 5.61.